The van der Waals surface area contributed by atoms with Crippen LogP contribution in [0.2, 0.25) is 0 Å². The molecule has 2 heterocycles. The van der Waals surface area contributed by atoms with Gasteiger partial charge >= 0.3 is 12.0 Å². The summed E-state index contributed by atoms with van der Waals surface area (Å²) in [6.07, 6.45) is 3.63. The summed E-state index contributed by atoms with van der Waals surface area (Å²) >= 11 is 1.06. The van der Waals surface area contributed by atoms with Gasteiger partial charge in [0, 0.05) is 35.7 Å². The Bertz CT molecular complexity index is 1270. The molecule has 3 aromatic rings. The zero-order valence-corrected chi connectivity index (χ0v) is 17.9. The number of urea groups is 1. The number of nitrogens with one attached hydrogen (secondary N) is 2. The molecule has 1 atom stereocenters. The largest absolute Gasteiger partial charge is 0.479 e. The molecule has 1 unspecified atom stereocenters. The van der Waals surface area contributed by atoms with Gasteiger partial charge in [-0.2, -0.15) is 4.37 Å². The maximum Gasteiger partial charge on any atom is 0.324 e. The molecule has 32 heavy (non-hydrogen) atoms. The van der Waals surface area contributed by atoms with Crippen molar-refractivity contribution in [1.29, 1.82) is 0 Å². The van der Waals surface area contributed by atoms with Crippen LogP contribution < -0.4 is 15.4 Å². The van der Waals surface area contributed by atoms with Crippen molar-refractivity contribution in [2.45, 2.75) is 19.4 Å². The highest BCUT2D eigenvalue weighted by molar-refractivity contribution is 7.13. The molecule has 0 fully saturated rings. The Morgan fingerprint density at radius 1 is 1.25 bits per heavy atom. The molecule has 0 spiro atoms. The maximum absolute atomic E-state index is 12.5. The molecule has 164 valence electrons. The summed E-state index contributed by atoms with van der Waals surface area (Å²) in [4.78, 5) is 34.0. The number of amides is 2. The predicted molar refractivity (Wildman–Crippen MR) is 120 cm³/mol. The second-order valence-electron chi connectivity index (χ2n) is 7.33. The zero-order valence-electron chi connectivity index (χ0n) is 17.1. The predicted octanol–water partition coefficient (Wildman–Crippen LogP) is 4.58. The number of nitrogens with zero attached hydrogens (tertiary/aromatic N) is 2. The van der Waals surface area contributed by atoms with Crippen molar-refractivity contribution < 1.29 is 24.0 Å². The van der Waals surface area contributed by atoms with E-state index in [0.717, 1.165) is 17.1 Å². The monoisotopic (exact) mass is 454 g/mol. The molecule has 4 rings (SSSR count). The fourth-order valence-electron chi connectivity index (χ4n) is 3.12. The summed E-state index contributed by atoms with van der Waals surface area (Å²) in [6, 6.07) is 8.99. The number of nitro benzene ring substituents is 1. The van der Waals surface area contributed by atoms with Crippen molar-refractivity contribution >= 4 is 56.9 Å². The van der Waals surface area contributed by atoms with Crippen LogP contribution in [0.4, 0.5) is 22.0 Å². The van der Waals surface area contributed by atoms with Crippen LogP contribution in [-0.4, -0.2) is 33.5 Å². The Balaban J connectivity index is 1.44. The van der Waals surface area contributed by atoms with Gasteiger partial charge in [-0.25, -0.2) is 4.79 Å². The highest BCUT2D eigenvalue weighted by Gasteiger charge is 2.29. The Hall–Kier alpha value is -3.99. The van der Waals surface area contributed by atoms with E-state index in [1.54, 1.807) is 30.3 Å². The number of aromatic nitrogens is 1. The molecule has 0 saturated heterocycles. The van der Waals surface area contributed by atoms with Gasteiger partial charge in [-0.05, 0) is 48.8 Å². The lowest BCUT2D eigenvalue weighted by molar-refractivity contribution is -0.384. The van der Waals surface area contributed by atoms with Crippen LogP contribution in [0, 0.1) is 10.1 Å². The third-order valence-electron chi connectivity index (χ3n) is 4.69. The van der Waals surface area contributed by atoms with E-state index >= 15 is 0 Å². The quantitative estimate of drug-likeness (QED) is 0.328. The van der Waals surface area contributed by atoms with Gasteiger partial charge in [-0.15, -0.1) is 0 Å². The summed E-state index contributed by atoms with van der Waals surface area (Å²) in [5, 5.41) is 16.9. The number of carbonyl (C=O) groups is 2. The van der Waals surface area contributed by atoms with E-state index in [0.29, 0.717) is 27.3 Å². The second-order valence-corrected chi connectivity index (χ2v) is 8.13. The van der Waals surface area contributed by atoms with Crippen molar-refractivity contribution in [2.75, 3.05) is 17.2 Å². The highest BCUT2D eigenvalue weighted by Crippen LogP contribution is 2.34. The second kappa shape index (κ2) is 8.27. The Morgan fingerprint density at radius 3 is 2.81 bits per heavy atom. The topological polar surface area (TPSA) is 133 Å². The molecule has 2 N–H and O–H groups in total. The molecular weight excluding hydrogens is 436 g/mol. The van der Waals surface area contributed by atoms with Crippen molar-refractivity contribution in [3.8, 4) is 5.75 Å². The fraction of sp³-hybridized carbons (Fsp3) is 0.190. The van der Waals surface area contributed by atoms with Gasteiger partial charge in [0.05, 0.1) is 9.62 Å². The number of hydrogen-bond acceptors (Lipinski definition) is 8. The first-order valence-electron chi connectivity index (χ1n) is 9.50. The molecule has 10 nitrogen and oxygen atoms in total. The molecule has 11 heteroatoms. The lowest BCUT2D eigenvalue weighted by Crippen LogP contribution is -2.37. The van der Waals surface area contributed by atoms with Crippen LogP contribution in [-0.2, 0) is 9.53 Å². The normalized spacial score (nSPS) is 16.7. The summed E-state index contributed by atoms with van der Waals surface area (Å²) in [7, 11) is 0. The Kier molecular flexibility index (Phi) is 5.49. The van der Waals surface area contributed by atoms with E-state index in [4.69, 9.17) is 9.47 Å². The minimum atomic E-state index is -0.772. The third kappa shape index (κ3) is 4.52. The molecule has 1 aromatic heterocycles. The van der Waals surface area contributed by atoms with Gasteiger partial charge in [-0.1, -0.05) is 6.08 Å². The minimum Gasteiger partial charge on any atom is -0.479 e. The number of esters is 1. The van der Waals surface area contributed by atoms with E-state index in [1.165, 1.54) is 19.1 Å². The van der Waals surface area contributed by atoms with Crippen molar-refractivity contribution in [1.82, 2.24) is 4.37 Å². The standard InChI is InChI=1S/C21H18N4O6S/c1-12(26)30-11-21(2)8-7-13-9-14(3-6-17(13)31-21)22-20(27)23-19-16-5-4-15(25(28)29)10-18(16)32-24-19/h3-10H,11H2,1-2H3,(H2,22,23,24,27). The average Bonchev–Trinajstić information content (AvgIpc) is 3.14. The molecule has 0 aliphatic carbocycles. The van der Waals surface area contributed by atoms with E-state index in [9.17, 15) is 19.7 Å². The van der Waals surface area contributed by atoms with E-state index in [-0.39, 0.29) is 18.3 Å². The molecule has 0 bridgehead atoms. The van der Waals surface area contributed by atoms with E-state index in [1.807, 2.05) is 13.0 Å². The van der Waals surface area contributed by atoms with Crippen molar-refractivity contribution in [3.05, 3.63) is 58.2 Å². The lowest BCUT2D eigenvalue weighted by Gasteiger charge is -2.31. The Labute approximate surface area is 186 Å². The van der Waals surface area contributed by atoms with Crippen molar-refractivity contribution in [2.24, 2.45) is 0 Å². The number of anilines is 2. The van der Waals surface area contributed by atoms with Gasteiger partial charge < -0.3 is 14.8 Å². The van der Waals surface area contributed by atoms with Crippen LogP contribution >= 0.6 is 11.5 Å². The first kappa shape index (κ1) is 21.2. The number of non-ortho nitro benzene ring substituents is 1. The van der Waals surface area contributed by atoms with Crippen molar-refractivity contribution in [3.63, 3.8) is 0 Å². The first-order valence-corrected chi connectivity index (χ1v) is 10.3. The van der Waals surface area contributed by atoms with Gasteiger partial charge in [0.25, 0.3) is 5.69 Å². The average molecular weight is 454 g/mol. The number of rotatable bonds is 5. The number of ether oxygens (including phenoxy) is 2. The smallest absolute Gasteiger partial charge is 0.324 e. The number of benzene rings is 2. The molecule has 2 aromatic carbocycles. The maximum atomic E-state index is 12.5. The summed E-state index contributed by atoms with van der Waals surface area (Å²) in [5.74, 6) is 0.533. The molecule has 2 amide bonds. The lowest BCUT2D eigenvalue weighted by atomic mass is 10.0. The molecular formula is C21H18N4O6S. The van der Waals surface area contributed by atoms with Gasteiger partial charge in [0.1, 0.15) is 12.4 Å². The van der Waals surface area contributed by atoms with Crippen LogP contribution in [0.3, 0.4) is 0 Å². The zero-order chi connectivity index (χ0) is 22.9. The van der Waals surface area contributed by atoms with Gasteiger partial charge in [-0.3, -0.25) is 20.2 Å². The molecule has 1 aliphatic rings. The van der Waals surface area contributed by atoms with Crippen LogP contribution in [0.5, 0.6) is 5.75 Å². The number of hydrogen-bond donors (Lipinski definition) is 2. The third-order valence-corrected chi connectivity index (χ3v) is 5.49. The highest BCUT2D eigenvalue weighted by atomic mass is 32.1. The number of carbonyl (C=O) groups excluding carboxylic acids is 2. The van der Waals surface area contributed by atoms with E-state index in [2.05, 4.69) is 15.0 Å². The summed E-state index contributed by atoms with van der Waals surface area (Å²) in [5.41, 5.74) is 0.486. The van der Waals surface area contributed by atoms with Gasteiger partial charge in [0.15, 0.2) is 11.4 Å². The van der Waals surface area contributed by atoms with Gasteiger partial charge in [0.2, 0.25) is 0 Å². The van der Waals surface area contributed by atoms with E-state index < -0.39 is 16.6 Å². The first-order chi connectivity index (χ1) is 15.2. The molecule has 0 saturated carbocycles. The number of nitro groups is 1. The summed E-state index contributed by atoms with van der Waals surface area (Å²) in [6.45, 7) is 3.23. The van der Waals surface area contributed by atoms with Crippen LogP contribution in [0.15, 0.2) is 42.5 Å². The molecule has 1 aliphatic heterocycles. The summed E-state index contributed by atoms with van der Waals surface area (Å²) < 4.78 is 15.8. The van der Waals surface area contributed by atoms with Crippen LogP contribution in [0.1, 0.15) is 19.4 Å². The van der Waals surface area contributed by atoms with Crippen LogP contribution in [0.25, 0.3) is 16.2 Å². The Morgan fingerprint density at radius 2 is 2.06 bits per heavy atom. The fourth-order valence-corrected chi connectivity index (χ4v) is 3.89. The number of fused-ring (bicyclic) bond motifs is 2. The molecule has 0 radical (unpaired) electrons. The minimum absolute atomic E-state index is 0.0366. The SMILES string of the molecule is CC(=O)OCC1(C)C=Cc2cc(NC(=O)Nc3nsc4cc([N+](=O)[O-])ccc34)ccc2O1.